The molecular weight excluding hydrogens is 660 g/mol. The van der Waals surface area contributed by atoms with Crippen molar-refractivity contribution in [1.82, 2.24) is 5.32 Å². The predicted octanol–water partition coefficient (Wildman–Crippen LogP) is 3.15. The van der Waals surface area contributed by atoms with E-state index in [0.717, 1.165) is 19.3 Å². The minimum atomic E-state index is -2.82. The lowest BCUT2D eigenvalue weighted by Gasteiger charge is -2.70. The summed E-state index contributed by atoms with van der Waals surface area (Å²) in [6.45, 7) is 3.61. The van der Waals surface area contributed by atoms with Gasteiger partial charge in [0.1, 0.15) is 24.6 Å². The molecule has 6 aliphatic rings. The van der Waals surface area contributed by atoms with Gasteiger partial charge in [0.2, 0.25) is 5.91 Å². The van der Waals surface area contributed by atoms with Crippen molar-refractivity contribution in [3.63, 3.8) is 0 Å². The molecule has 0 aromatic heterocycles. The Bertz CT molecular complexity index is 1390. The second-order valence-electron chi connectivity index (χ2n) is 14.2. The number of nitrogens with one attached hydrogen (secondary N) is 1. The molecule has 48 heavy (non-hydrogen) atoms. The van der Waals surface area contributed by atoms with Crippen molar-refractivity contribution in [1.29, 1.82) is 0 Å². The molecule has 4 aliphatic carbocycles. The molecule has 1 aromatic carbocycles. The number of aliphatic hydroxyl groups is 3. The van der Waals surface area contributed by atoms with Crippen molar-refractivity contribution >= 4 is 23.5 Å². The summed E-state index contributed by atoms with van der Waals surface area (Å²) in [7, 11) is 0. The van der Waals surface area contributed by atoms with Crippen molar-refractivity contribution in [3.05, 3.63) is 29.3 Å². The van der Waals surface area contributed by atoms with Crippen LogP contribution in [0.5, 0.6) is 5.75 Å². The van der Waals surface area contributed by atoms with E-state index in [1.807, 2.05) is 0 Å². The maximum absolute atomic E-state index is 13.8. The summed E-state index contributed by atoms with van der Waals surface area (Å²) in [5.41, 5.74) is -0.347. The number of carboxylic acids is 1. The summed E-state index contributed by atoms with van der Waals surface area (Å²) < 4.78 is 45.6. The molecule has 4 bridgehead atoms. The Morgan fingerprint density at radius 2 is 1.79 bits per heavy atom. The average molecular weight is 704 g/mol. The van der Waals surface area contributed by atoms with E-state index in [9.17, 15) is 38.8 Å². The highest BCUT2D eigenvalue weighted by Crippen LogP contribution is 2.71. The largest absolute Gasteiger partial charge is 0.476 e. The number of carboxylic acid groups (broad SMARTS) is 1. The van der Waals surface area contributed by atoms with Crippen LogP contribution in [0.3, 0.4) is 0 Å². The van der Waals surface area contributed by atoms with Gasteiger partial charge in [-0.2, -0.15) is 4.89 Å². The SMILES string of the molecule is CCc1ccc(C2(OCC(F)F)OOC23C2CC4CC3CC(Cl)(C4)C2)cc1OC1(C(=O)O)CC(O)C(NC(C)=O)C(C(O)C(O)CC)O1. The Hall–Kier alpha value is -2.17. The third-order valence-electron chi connectivity index (χ3n) is 11.1. The quantitative estimate of drug-likeness (QED) is 0.160. The molecule has 7 rings (SSSR count). The van der Waals surface area contributed by atoms with Crippen LogP contribution in [-0.4, -0.2) is 92.1 Å². The highest BCUT2D eigenvalue weighted by atomic mass is 35.5. The van der Waals surface area contributed by atoms with Crippen LogP contribution < -0.4 is 10.1 Å². The van der Waals surface area contributed by atoms with Gasteiger partial charge in [0, 0.05) is 17.4 Å². The van der Waals surface area contributed by atoms with Crippen LogP contribution in [0.4, 0.5) is 8.78 Å². The Kier molecular flexibility index (Phi) is 9.55. The van der Waals surface area contributed by atoms with Crippen molar-refractivity contribution in [2.45, 2.75) is 131 Å². The lowest BCUT2D eigenvalue weighted by atomic mass is 9.46. The molecule has 15 heteroatoms. The first-order chi connectivity index (χ1) is 22.6. The van der Waals surface area contributed by atoms with Crippen molar-refractivity contribution in [2.24, 2.45) is 17.8 Å². The molecular formula is C33H44ClF2NO11. The molecule has 5 N–H and O–H groups in total. The van der Waals surface area contributed by atoms with Gasteiger partial charge in [-0.05, 0) is 74.3 Å². The zero-order valence-electron chi connectivity index (χ0n) is 27.1. The first-order valence-electron chi connectivity index (χ1n) is 16.6. The summed E-state index contributed by atoms with van der Waals surface area (Å²) in [5.74, 6) is -6.56. The number of hydrogen-bond acceptors (Lipinski definition) is 10. The van der Waals surface area contributed by atoms with Crippen LogP contribution >= 0.6 is 11.6 Å². The number of alkyl halides is 3. The van der Waals surface area contributed by atoms with E-state index in [1.165, 1.54) is 13.0 Å². The molecule has 9 atom stereocenters. The number of halogens is 3. The fourth-order valence-corrected chi connectivity index (χ4v) is 9.71. The Morgan fingerprint density at radius 1 is 1.10 bits per heavy atom. The molecule has 0 radical (unpaired) electrons. The van der Waals surface area contributed by atoms with E-state index in [4.69, 9.17) is 35.6 Å². The second kappa shape index (κ2) is 12.9. The number of aliphatic carboxylic acids is 1. The van der Waals surface area contributed by atoms with Crippen LogP contribution in [0.1, 0.15) is 76.8 Å². The summed E-state index contributed by atoms with van der Waals surface area (Å²) in [6, 6.07) is 3.49. The zero-order chi connectivity index (χ0) is 34.8. The topological polar surface area (TPSA) is 173 Å². The van der Waals surface area contributed by atoms with Gasteiger partial charge in [-0.25, -0.2) is 18.5 Å². The van der Waals surface area contributed by atoms with Crippen LogP contribution in [0.2, 0.25) is 0 Å². The van der Waals surface area contributed by atoms with E-state index >= 15 is 0 Å². The molecule has 1 aromatic rings. The lowest BCUT2D eigenvalue weighted by molar-refractivity contribution is -0.648. The molecule has 1 spiro atoms. The fraction of sp³-hybridized carbons (Fsp3) is 0.758. The number of carbonyl (C=O) groups is 2. The Labute approximate surface area is 281 Å². The first-order valence-corrected chi connectivity index (χ1v) is 17.0. The summed E-state index contributed by atoms with van der Waals surface area (Å²) in [4.78, 5) is 36.3. The van der Waals surface area contributed by atoms with E-state index < -0.39 is 83.8 Å². The Morgan fingerprint density at radius 3 is 2.31 bits per heavy atom. The van der Waals surface area contributed by atoms with Crippen LogP contribution in [0.25, 0.3) is 0 Å². The lowest BCUT2D eigenvalue weighted by Crippen LogP contribution is -2.78. The van der Waals surface area contributed by atoms with Gasteiger partial charge in [0.05, 0.1) is 24.7 Å². The van der Waals surface area contributed by atoms with Gasteiger partial charge < -0.3 is 40.0 Å². The molecule has 2 aliphatic heterocycles. The number of aliphatic hydroxyl groups excluding tert-OH is 3. The van der Waals surface area contributed by atoms with Gasteiger partial charge in [0.25, 0.3) is 12.2 Å². The molecule has 9 unspecified atom stereocenters. The molecule has 6 fully saturated rings. The first kappa shape index (κ1) is 35.6. The van der Waals surface area contributed by atoms with Gasteiger partial charge in [0.15, 0.2) is 5.60 Å². The van der Waals surface area contributed by atoms with Crippen molar-refractivity contribution < 1.29 is 62.8 Å². The summed E-state index contributed by atoms with van der Waals surface area (Å²) in [6.07, 6.45) is -5.77. The number of rotatable bonds is 12. The molecule has 268 valence electrons. The fourth-order valence-electron chi connectivity index (χ4n) is 9.12. The molecule has 12 nitrogen and oxygen atoms in total. The Balaban J connectivity index is 1.40. The highest BCUT2D eigenvalue weighted by molar-refractivity contribution is 6.24. The minimum Gasteiger partial charge on any atom is -0.476 e. The maximum Gasteiger partial charge on any atom is 0.377 e. The smallest absolute Gasteiger partial charge is 0.377 e. The van der Waals surface area contributed by atoms with Crippen molar-refractivity contribution in [2.75, 3.05) is 6.61 Å². The second-order valence-corrected chi connectivity index (χ2v) is 15.0. The summed E-state index contributed by atoms with van der Waals surface area (Å²) >= 11 is 7.01. The average Bonchev–Trinajstić information content (AvgIpc) is 3.00. The number of carbonyl (C=O) groups excluding carboxylic acids is 1. The number of hydrogen-bond donors (Lipinski definition) is 5. The number of aryl methyl sites for hydroxylation is 1. The van der Waals surface area contributed by atoms with E-state index in [1.54, 1.807) is 26.0 Å². The van der Waals surface area contributed by atoms with E-state index in [0.29, 0.717) is 30.7 Å². The normalized spacial score (nSPS) is 41.2. The number of benzene rings is 1. The summed E-state index contributed by atoms with van der Waals surface area (Å²) in [5, 5.41) is 45.6. The van der Waals surface area contributed by atoms with Gasteiger partial charge >= 0.3 is 11.8 Å². The van der Waals surface area contributed by atoms with E-state index in [2.05, 4.69) is 5.32 Å². The molecule has 2 heterocycles. The highest BCUT2D eigenvalue weighted by Gasteiger charge is 2.78. The van der Waals surface area contributed by atoms with Gasteiger partial charge in [-0.3, -0.25) is 4.79 Å². The number of amides is 1. The zero-order valence-corrected chi connectivity index (χ0v) is 27.8. The number of ether oxygens (including phenoxy) is 3. The molecule has 4 saturated carbocycles. The maximum atomic E-state index is 13.8. The predicted molar refractivity (Wildman–Crippen MR) is 163 cm³/mol. The monoisotopic (exact) mass is 703 g/mol. The van der Waals surface area contributed by atoms with Gasteiger partial charge in [-0.15, -0.1) is 11.6 Å². The van der Waals surface area contributed by atoms with Crippen LogP contribution in [0.15, 0.2) is 18.2 Å². The molecule has 1 amide bonds. The molecule has 2 saturated heterocycles. The van der Waals surface area contributed by atoms with Crippen LogP contribution in [0, 0.1) is 17.8 Å². The van der Waals surface area contributed by atoms with Crippen LogP contribution in [-0.2, 0) is 41.0 Å². The standard InChI is InChI=1S/C33H44ClF2NO11/c1-4-18-6-7-19(33(44-15-25(35)36)32(47-48-33)20-8-17-9-21(32)13-30(34,11-17)12-20)10-24(18)45-31(29(42)43)14-23(40)26(37-16(3)38)28(46-31)27(41)22(39)5-2/h6-7,10,17,20-23,25-28,39-41H,4-5,8-9,11-15H2,1-3H3,(H,37,38)(H,42,43). The third kappa shape index (κ3) is 5.69. The minimum absolute atomic E-state index is 0.0184. The van der Waals surface area contributed by atoms with Gasteiger partial charge in [-0.1, -0.05) is 26.0 Å². The van der Waals surface area contributed by atoms with E-state index in [-0.39, 0.29) is 29.6 Å². The van der Waals surface area contributed by atoms with Crippen molar-refractivity contribution in [3.8, 4) is 5.75 Å². The third-order valence-corrected chi connectivity index (χ3v) is 11.5.